The van der Waals surface area contributed by atoms with E-state index in [-0.39, 0.29) is 12.6 Å². The maximum absolute atomic E-state index is 8.93. The van der Waals surface area contributed by atoms with Crippen LogP contribution >= 0.6 is 0 Å². The fourth-order valence-corrected chi connectivity index (χ4v) is 2.31. The van der Waals surface area contributed by atoms with Gasteiger partial charge in [-0.1, -0.05) is 25.5 Å². The third-order valence-electron chi connectivity index (χ3n) is 3.40. The van der Waals surface area contributed by atoms with E-state index in [4.69, 9.17) is 9.84 Å². The summed E-state index contributed by atoms with van der Waals surface area (Å²) >= 11 is 0. The number of rotatable bonds is 8. The van der Waals surface area contributed by atoms with Crippen LogP contribution in [0.1, 0.15) is 31.4 Å². The predicted molar refractivity (Wildman–Crippen MR) is 83.6 cm³/mol. The third-order valence-corrected chi connectivity index (χ3v) is 3.40. The molecule has 21 heavy (non-hydrogen) atoms. The van der Waals surface area contributed by atoms with Crippen LogP contribution in [0.2, 0.25) is 0 Å². The van der Waals surface area contributed by atoms with Gasteiger partial charge in [-0.2, -0.15) is 5.10 Å². The first-order valence-corrected chi connectivity index (χ1v) is 7.30. The number of aliphatic hydroxyl groups is 1. The van der Waals surface area contributed by atoms with Crippen molar-refractivity contribution in [1.29, 1.82) is 0 Å². The minimum absolute atomic E-state index is 0.0952. The lowest BCUT2D eigenvalue weighted by Gasteiger charge is -2.19. The summed E-state index contributed by atoms with van der Waals surface area (Å²) in [7, 11) is 1.67. The van der Waals surface area contributed by atoms with Crippen molar-refractivity contribution in [3.8, 4) is 5.75 Å². The molecule has 0 aliphatic carbocycles. The van der Waals surface area contributed by atoms with E-state index in [0.717, 1.165) is 24.3 Å². The van der Waals surface area contributed by atoms with Gasteiger partial charge >= 0.3 is 0 Å². The molecule has 114 valence electrons. The van der Waals surface area contributed by atoms with Gasteiger partial charge in [0.25, 0.3) is 0 Å². The van der Waals surface area contributed by atoms with E-state index < -0.39 is 0 Å². The molecule has 0 saturated heterocycles. The smallest absolute Gasteiger partial charge is 0.118 e. The van der Waals surface area contributed by atoms with Crippen molar-refractivity contribution in [2.45, 2.75) is 32.4 Å². The van der Waals surface area contributed by atoms with E-state index in [9.17, 15) is 0 Å². The van der Waals surface area contributed by atoms with Crippen molar-refractivity contribution in [2.24, 2.45) is 0 Å². The van der Waals surface area contributed by atoms with Crippen molar-refractivity contribution in [2.75, 3.05) is 19.0 Å². The monoisotopic (exact) mass is 289 g/mol. The topological polar surface area (TPSA) is 59.3 Å². The second-order valence-electron chi connectivity index (χ2n) is 4.97. The van der Waals surface area contributed by atoms with E-state index in [1.807, 2.05) is 18.3 Å². The number of anilines is 1. The Hall–Kier alpha value is -2.01. The summed E-state index contributed by atoms with van der Waals surface area (Å²) in [5, 5.41) is 16.7. The van der Waals surface area contributed by atoms with Crippen LogP contribution in [0.5, 0.6) is 5.75 Å². The van der Waals surface area contributed by atoms with Gasteiger partial charge in [0, 0.05) is 6.20 Å². The standard InChI is InChI=1S/C16H23N3O2/c1-3-4-16(13-5-7-15(21-2)8-6-13)18-14-11-17-19(12-14)9-10-20/h5-8,11-12,16,18,20H,3-4,9-10H2,1-2H3. The lowest BCUT2D eigenvalue weighted by molar-refractivity contribution is 0.269. The first-order valence-electron chi connectivity index (χ1n) is 7.30. The van der Waals surface area contributed by atoms with Crippen molar-refractivity contribution in [3.63, 3.8) is 0 Å². The van der Waals surface area contributed by atoms with Gasteiger partial charge < -0.3 is 15.2 Å². The molecule has 1 aromatic heterocycles. The summed E-state index contributed by atoms with van der Waals surface area (Å²) in [4.78, 5) is 0. The Bertz CT molecular complexity index is 537. The zero-order chi connectivity index (χ0) is 15.1. The second kappa shape index (κ2) is 7.69. The summed E-state index contributed by atoms with van der Waals surface area (Å²) in [6, 6.07) is 8.38. The first-order chi connectivity index (χ1) is 10.3. The zero-order valence-corrected chi connectivity index (χ0v) is 12.6. The maximum atomic E-state index is 8.93. The molecule has 1 heterocycles. The molecular weight excluding hydrogens is 266 g/mol. The molecule has 5 heteroatoms. The van der Waals surface area contributed by atoms with Gasteiger partial charge in [-0.15, -0.1) is 0 Å². The van der Waals surface area contributed by atoms with Crippen LogP contribution in [0, 0.1) is 0 Å². The third kappa shape index (κ3) is 4.23. The number of ether oxygens (including phenoxy) is 1. The number of hydrogen-bond acceptors (Lipinski definition) is 4. The Kier molecular flexibility index (Phi) is 5.63. The molecule has 0 radical (unpaired) electrons. The van der Waals surface area contributed by atoms with Gasteiger partial charge in [0.05, 0.1) is 38.2 Å². The number of methoxy groups -OCH3 is 1. The Balaban J connectivity index is 2.09. The zero-order valence-electron chi connectivity index (χ0n) is 12.6. The van der Waals surface area contributed by atoms with Gasteiger partial charge in [-0.3, -0.25) is 4.68 Å². The maximum Gasteiger partial charge on any atom is 0.118 e. The summed E-state index contributed by atoms with van der Waals surface area (Å²) in [5.74, 6) is 0.866. The van der Waals surface area contributed by atoms with Crippen LogP contribution in [0.4, 0.5) is 5.69 Å². The average molecular weight is 289 g/mol. The van der Waals surface area contributed by atoms with Crippen molar-refractivity contribution < 1.29 is 9.84 Å². The van der Waals surface area contributed by atoms with Crippen LogP contribution in [-0.4, -0.2) is 28.6 Å². The average Bonchev–Trinajstić information content (AvgIpc) is 2.95. The molecule has 2 aromatic rings. The minimum atomic E-state index is 0.0952. The molecule has 1 atom stereocenters. The van der Waals surface area contributed by atoms with Crippen molar-refractivity contribution in [1.82, 2.24) is 9.78 Å². The quantitative estimate of drug-likeness (QED) is 0.784. The molecule has 0 saturated carbocycles. The molecular formula is C16H23N3O2. The molecule has 1 aromatic carbocycles. The number of nitrogens with one attached hydrogen (secondary N) is 1. The molecule has 0 aliphatic heterocycles. The van der Waals surface area contributed by atoms with E-state index in [1.54, 1.807) is 18.0 Å². The van der Waals surface area contributed by atoms with E-state index in [0.29, 0.717) is 6.54 Å². The van der Waals surface area contributed by atoms with Gasteiger partial charge in [-0.25, -0.2) is 0 Å². The second-order valence-corrected chi connectivity index (χ2v) is 4.97. The first kappa shape index (κ1) is 15.4. The number of aliphatic hydroxyl groups excluding tert-OH is 1. The fraction of sp³-hybridized carbons (Fsp3) is 0.438. The van der Waals surface area contributed by atoms with E-state index in [1.165, 1.54) is 5.56 Å². The largest absolute Gasteiger partial charge is 0.497 e. The van der Waals surface area contributed by atoms with Crippen molar-refractivity contribution >= 4 is 5.69 Å². The molecule has 1 unspecified atom stereocenters. The summed E-state index contributed by atoms with van der Waals surface area (Å²) in [5.41, 5.74) is 2.20. The Morgan fingerprint density at radius 2 is 2.10 bits per heavy atom. The number of aromatic nitrogens is 2. The van der Waals surface area contributed by atoms with E-state index in [2.05, 4.69) is 29.5 Å². The molecule has 0 amide bonds. The Morgan fingerprint density at radius 3 is 2.71 bits per heavy atom. The predicted octanol–water partition coefficient (Wildman–Crippen LogP) is 2.84. The van der Waals surface area contributed by atoms with Gasteiger partial charge in [-0.05, 0) is 24.1 Å². The molecule has 0 spiro atoms. The SMILES string of the molecule is CCCC(Nc1cnn(CCO)c1)c1ccc(OC)cc1. The minimum Gasteiger partial charge on any atom is -0.497 e. The van der Waals surface area contributed by atoms with Gasteiger partial charge in [0.1, 0.15) is 5.75 Å². The summed E-state index contributed by atoms with van der Waals surface area (Å²) < 4.78 is 6.94. The van der Waals surface area contributed by atoms with E-state index >= 15 is 0 Å². The van der Waals surface area contributed by atoms with Crippen LogP contribution in [0.3, 0.4) is 0 Å². The highest BCUT2D eigenvalue weighted by Crippen LogP contribution is 2.25. The normalized spacial score (nSPS) is 12.1. The molecule has 0 aliphatic rings. The Labute approximate surface area is 125 Å². The van der Waals surface area contributed by atoms with Gasteiger partial charge in [0.2, 0.25) is 0 Å². The summed E-state index contributed by atoms with van der Waals surface area (Å²) in [6.07, 6.45) is 5.84. The highest BCUT2D eigenvalue weighted by molar-refractivity contribution is 5.42. The lowest BCUT2D eigenvalue weighted by Crippen LogP contribution is -2.10. The van der Waals surface area contributed by atoms with Crippen LogP contribution in [0.25, 0.3) is 0 Å². The Morgan fingerprint density at radius 1 is 1.33 bits per heavy atom. The fourth-order valence-electron chi connectivity index (χ4n) is 2.31. The number of nitrogens with zero attached hydrogens (tertiary/aromatic N) is 2. The molecule has 2 N–H and O–H groups in total. The molecule has 0 fully saturated rings. The van der Waals surface area contributed by atoms with Crippen molar-refractivity contribution in [3.05, 3.63) is 42.2 Å². The highest BCUT2D eigenvalue weighted by Gasteiger charge is 2.11. The molecule has 2 rings (SSSR count). The molecule has 5 nitrogen and oxygen atoms in total. The number of hydrogen-bond donors (Lipinski definition) is 2. The lowest BCUT2D eigenvalue weighted by atomic mass is 10.0. The number of benzene rings is 1. The highest BCUT2D eigenvalue weighted by atomic mass is 16.5. The van der Waals surface area contributed by atoms with Gasteiger partial charge in [0.15, 0.2) is 0 Å². The van der Waals surface area contributed by atoms with Crippen LogP contribution in [0.15, 0.2) is 36.7 Å². The summed E-state index contributed by atoms with van der Waals surface area (Å²) in [6.45, 7) is 2.79. The van der Waals surface area contributed by atoms with Crippen LogP contribution < -0.4 is 10.1 Å². The molecule has 0 bridgehead atoms. The van der Waals surface area contributed by atoms with Crippen LogP contribution in [-0.2, 0) is 6.54 Å².